The van der Waals surface area contributed by atoms with Crippen LogP contribution in [0.25, 0.3) is 0 Å². The zero-order valence-corrected chi connectivity index (χ0v) is 13.9. The van der Waals surface area contributed by atoms with E-state index in [9.17, 15) is 4.79 Å². The minimum absolute atomic E-state index is 0.0940. The van der Waals surface area contributed by atoms with Gasteiger partial charge in [0.1, 0.15) is 0 Å². The molecule has 24 heavy (non-hydrogen) atoms. The van der Waals surface area contributed by atoms with E-state index in [1.54, 1.807) is 12.3 Å². The standard InChI is InChI=1S/C18H24N4O2/c23-18-5-2-14-12-15(20-16-6-11-24-13-16)3-4-17(14)22(18)10-9-21-8-1-7-19-21/h1-2,5,7-8,15-16,20H,3-4,6,9-13H2. The lowest BCUT2D eigenvalue weighted by Crippen LogP contribution is -2.43. The molecule has 0 saturated carbocycles. The number of nitrogens with one attached hydrogen (secondary N) is 1. The van der Waals surface area contributed by atoms with E-state index in [4.69, 9.17) is 4.74 Å². The minimum Gasteiger partial charge on any atom is -0.380 e. The maximum Gasteiger partial charge on any atom is 0.250 e. The molecule has 3 heterocycles. The summed E-state index contributed by atoms with van der Waals surface area (Å²) >= 11 is 0. The Hall–Kier alpha value is -1.92. The molecule has 2 unspecified atom stereocenters. The molecule has 2 aromatic heterocycles. The van der Waals surface area contributed by atoms with Crippen molar-refractivity contribution in [2.45, 2.75) is 50.9 Å². The van der Waals surface area contributed by atoms with Crippen LogP contribution in [0.3, 0.4) is 0 Å². The van der Waals surface area contributed by atoms with Crippen LogP contribution < -0.4 is 10.9 Å². The first-order valence-electron chi connectivity index (χ1n) is 8.82. The third-order valence-corrected chi connectivity index (χ3v) is 5.10. The van der Waals surface area contributed by atoms with E-state index >= 15 is 0 Å². The normalized spacial score (nSPS) is 23.3. The molecule has 1 N–H and O–H groups in total. The van der Waals surface area contributed by atoms with Crippen molar-refractivity contribution in [3.05, 3.63) is 52.2 Å². The van der Waals surface area contributed by atoms with Gasteiger partial charge in [-0.05, 0) is 37.3 Å². The van der Waals surface area contributed by atoms with E-state index in [2.05, 4.69) is 10.4 Å². The summed E-state index contributed by atoms with van der Waals surface area (Å²) in [5.74, 6) is 0. The molecule has 6 heteroatoms. The van der Waals surface area contributed by atoms with Crippen molar-refractivity contribution in [2.75, 3.05) is 13.2 Å². The van der Waals surface area contributed by atoms with E-state index in [0.717, 1.165) is 45.4 Å². The average Bonchev–Trinajstić information content (AvgIpc) is 3.28. The van der Waals surface area contributed by atoms with Gasteiger partial charge >= 0.3 is 0 Å². The number of hydrogen-bond acceptors (Lipinski definition) is 4. The number of hydrogen-bond donors (Lipinski definition) is 1. The van der Waals surface area contributed by atoms with Crippen LogP contribution in [0.2, 0.25) is 0 Å². The Bertz CT molecular complexity index is 732. The maximum atomic E-state index is 12.3. The highest BCUT2D eigenvalue weighted by atomic mass is 16.5. The van der Waals surface area contributed by atoms with Gasteiger partial charge in [-0.1, -0.05) is 6.07 Å². The second-order valence-electron chi connectivity index (χ2n) is 6.73. The zero-order valence-electron chi connectivity index (χ0n) is 13.9. The van der Waals surface area contributed by atoms with E-state index in [0.29, 0.717) is 18.6 Å². The number of ether oxygens (including phenoxy) is 1. The van der Waals surface area contributed by atoms with Crippen LogP contribution >= 0.6 is 0 Å². The van der Waals surface area contributed by atoms with Gasteiger partial charge in [0.25, 0.3) is 5.56 Å². The van der Waals surface area contributed by atoms with Gasteiger partial charge < -0.3 is 14.6 Å². The summed E-state index contributed by atoms with van der Waals surface area (Å²) in [6, 6.07) is 6.61. The third kappa shape index (κ3) is 3.30. The third-order valence-electron chi connectivity index (χ3n) is 5.10. The van der Waals surface area contributed by atoms with E-state index in [1.807, 2.05) is 27.6 Å². The van der Waals surface area contributed by atoms with Gasteiger partial charge in [-0.25, -0.2) is 0 Å². The first kappa shape index (κ1) is 15.6. The van der Waals surface area contributed by atoms with Crippen molar-refractivity contribution >= 4 is 0 Å². The molecule has 0 amide bonds. The fraction of sp³-hybridized carbons (Fsp3) is 0.556. The van der Waals surface area contributed by atoms with Gasteiger partial charge in [0.15, 0.2) is 0 Å². The molecule has 4 rings (SSSR count). The molecule has 1 saturated heterocycles. The van der Waals surface area contributed by atoms with Crippen molar-refractivity contribution in [2.24, 2.45) is 0 Å². The van der Waals surface area contributed by atoms with Gasteiger partial charge in [-0.2, -0.15) is 5.10 Å². The molecule has 0 spiro atoms. The number of aryl methyl sites for hydroxylation is 1. The second kappa shape index (κ2) is 6.91. The summed E-state index contributed by atoms with van der Waals surface area (Å²) < 4.78 is 9.26. The Morgan fingerprint density at radius 3 is 3.00 bits per heavy atom. The predicted octanol–water partition coefficient (Wildman–Crippen LogP) is 0.981. The summed E-state index contributed by atoms with van der Waals surface area (Å²) in [5, 5.41) is 7.94. The molecule has 1 aliphatic carbocycles. The molecular formula is C18H24N4O2. The minimum atomic E-state index is 0.0940. The van der Waals surface area contributed by atoms with Crippen molar-refractivity contribution < 1.29 is 4.74 Å². The van der Waals surface area contributed by atoms with Crippen molar-refractivity contribution in [1.29, 1.82) is 0 Å². The number of fused-ring (bicyclic) bond motifs is 1. The van der Waals surface area contributed by atoms with Crippen LogP contribution in [0, 0.1) is 0 Å². The van der Waals surface area contributed by atoms with Gasteiger partial charge in [0, 0.05) is 49.4 Å². The van der Waals surface area contributed by atoms with E-state index in [-0.39, 0.29) is 5.56 Å². The Balaban J connectivity index is 1.48. The highest BCUT2D eigenvalue weighted by Crippen LogP contribution is 2.21. The first-order valence-corrected chi connectivity index (χ1v) is 8.82. The van der Waals surface area contributed by atoms with Crippen LogP contribution in [0.4, 0.5) is 0 Å². The largest absolute Gasteiger partial charge is 0.380 e. The molecular weight excluding hydrogens is 304 g/mol. The highest BCUT2D eigenvalue weighted by Gasteiger charge is 2.25. The Morgan fingerprint density at radius 2 is 2.21 bits per heavy atom. The molecule has 1 aliphatic heterocycles. The number of nitrogens with zero attached hydrogens (tertiary/aromatic N) is 3. The van der Waals surface area contributed by atoms with E-state index < -0.39 is 0 Å². The van der Waals surface area contributed by atoms with Crippen LogP contribution in [-0.2, 0) is 30.7 Å². The Morgan fingerprint density at radius 1 is 1.25 bits per heavy atom. The molecule has 6 nitrogen and oxygen atoms in total. The quantitative estimate of drug-likeness (QED) is 0.889. The maximum absolute atomic E-state index is 12.3. The van der Waals surface area contributed by atoms with Gasteiger partial charge in [-0.3, -0.25) is 9.48 Å². The van der Waals surface area contributed by atoms with Crippen LogP contribution in [0.5, 0.6) is 0 Å². The predicted molar refractivity (Wildman–Crippen MR) is 91.1 cm³/mol. The van der Waals surface area contributed by atoms with Gasteiger partial charge in [-0.15, -0.1) is 0 Å². The van der Waals surface area contributed by atoms with Crippen LogP contribution in [0.15, 0.2) is 35.4 Å². The lowest BCUT2D eigenvalue weighted by atomic mass is 9.91. The monoisotopic (exact) mass is 328 g/mol. The Labute approximate surface area is 141 Å². The summed E-state index contributed by atoms with van der Waals surface area (Å²) in [7, 11) is 0. The van der Waals surface area contributed by atoms with Crippen molar-refractivity contribution in [3.8, 4) is 0 Å². The van der Waals surface area contributed by atoms with Crippen LogP contribution in [0.1, 0.15) is 24.1 Å². The average molecular weight is 328 g/mol. The summed E-state index contributed by atoms with van der Waals surface area (Å²) in [5.41, 5.74) is 2.60. The smallest absolute Gasteiger partial charge is 0.250 e. The molecule has 0 radical (unpaired) electrons. The Kier molecular flexibility index (Phi) is 4.49. The van der Waals surface area contributed by atoms with Crippen molar-refractivity contribution in [1.82, 2.24) is 19.7 Å². The molecule has 0 aromatic carbocycles. The molecule has 2 aliphatic rings. The van der Waals surface area contributed by atoms with Crippen LogP contribution in [-0.4, -0.2) is 39.6 Å². The topological polar surface area (TPSA) is 61.1 Å². The number of pyridine rings is 1. The number of aromatic nitrogens is 3. The fourth-order valence-corrected chi connectivity index (χ4v) is 3.85. The van der Waals surface area contributed by atoms with E-state index in [1.165, 1.54) is 11.3 Å². The molecule has 1 fully saturated rings. The van der Waals surface area contributed by atoms with Gasteiger partial charge in [0.05, 0.1) is 13.2 Å². The van der Waals surface area contributed by atoms with Crippen molar-refractivity contribution in [3.63, 3.8) is 0 Å². The lowest BCUT2D eigenvalue weighted by Gasteiger charge is -2.29. The highest BCUT2D eigenvalue weighted by molar-refractivity contribution is 5.25. The summed E-state index contributed by atoms with van der Waals surface area (Å²) in [4.78, 5) is 12.3. The number of rotatable bonds is 5. The lowest BCUT2D eigenvalue weighted by molar-refractivity contribution is 0.187. The SMILES string of the molecule is O=c1ccc2c(n1CCn1cccn1)CCC(NC1CCOC1)C2. The molecule has 2 aromatic rings. The van der Waals surface area contributed by atoms with Gasteiger partial charge in [0.2, 0.25) is 0 Å². The summed E-state index contributed by atoms with van der Waals surface area (Å²) in [6.07, 6.45) is 7.83. The molecule has 2 atom stereocenters. The first-order chi connectivity index (χ1) is 11.8. The molecule has 0 bridgehead atoms. The second-order valence-corrected chi connectivity index (χ2v) is 6.73. The fourth-order valence-electron chi connectivity index (χ4n) is 3.85. The molecule has 128 valence electrons. The zero-order chi connectivity index (χ0) is 16.4. The summed E-state index contributed by atoms with van der Waals surface area (Å²) in [6.45, 7) is 3.10.